The van der Waals surface area contributed by atoms with E-state index in [2.05, 4.69) is 21.2 Å². The van der Waals surface area contributed by atoms with Gasteiger partial charge in [-0.2, -0.15) is 0 Å². The van der Waals surface area contributed by atoms with Crippen LogP contribution in [0, 0.1) is 0 Å². The predicted molar refractivity (Wildman–Crippen MR) is 102 cm³/mol. The molecule has 0 radical (unpaired) electrons. The van der Waals surface area contributed by atoms with Gasteiger partial charge < -0.3 is 0 Å². The van der Waals surface area contributed by atoms with Gasteiger partial charge >= 0.3 is 0 Å². The van der Waals surface area contributed by atoms with Crippen molar-refractivity contribution in [2.45, 2.75) is 0 Å². The Balaban J connectivity index is 2.03. The van der Waals surface area contributed by atoms with E-state index in [0.29, 0.717) is 10.7 Å². The predicted octanol–water partition coefficient (Wildman–Crippen LogP) is 3.93. The number of thiocarbonyl (C=S) groups is 1. The van der Waals surface area contributed by atoms with Gasteiger partial charge in [-0.3, -0.25) is 19.8 Å². The number of carbonyl (C=O) groups is 2. The molecule has 4 nitrogen and oxygen atoms in total. The van der Waals surface area contributed by atoms with E-state index in [9.17, 15) is 9.59 Å². The number of rotatable bonds is 2. The Morgan fingerprint density at radius 1 is 1.08 bits per heavy atom. The van der Waals surface area contributed by atoms with Gasteiger partial charge in [-0.15, -0.1) is 0 Å². The van der Waals surface area contributed by atoms with E-state index in [1.54, 1.807) is 30.3 Å². The van der Waals surface area contributed by atoms with Crippen LogP contribution in [0.2, 0.25) is 5.02 Å². The minimum Gasteiger partial charge on any atom is -0.298 e. The fourth-order valence-electron chi connectivity index (χ4n) is 2.23. The quantitative estimate of drug-likeness (QED) is 0.454. The maximum atomic E-state index is 12.8. The van der Waals surface area contributed by atoms with E-state index in [1.807, 2.05) is 18.2 Å². The monoisotopic (exact) mass is 420 g/mol. The molecule has 1 fully saturated rings. The lowest BCUT2D eigenvalue weighted by Gasteiger charge is -2.29. The summed E-state index contributed by atoms with van der Waals surface area (Å²) in [4.78, 5) is 26.3. The van der Waals surface area contributed by atoms with Gasteiger partial charge in [-0.1, -0.05) is 45.7 Å². The Kier molecular flexibility index (Phi) is 4.80. The Morgan fingerprint density at radius 3 is 2.42 bits per heavy atom. The Labute approximate surface area is 157 Å². The molecular weight excluding hydrogens is 412 g/mol. The smallest absolute Gasteiger partial charge is 0.270 e. The van der Waals surface area contributed by atoms with Crippen LogP contribution in [0.4, 0.5) is 5.69 Å². The first-order chi connectivity index (χ1) is 11.5. The summed E-state index contributed by atoms with van der Waals surface area (Å²) in [5.41, 5.74) is 1.26. The van der Waals surface area contributed by atoms with Gasteiger partial charge in [-0.25, -0.2) is 0 Å². The molecule has 7 heteroatoms. The van der Waals surface area contributed by atoms with Crippen LogP contribution in [-0.4, -0.2) is 16.9 Å². The molecule has 0 atom stereocenters. The number of hydrogen-bond acceptors (Lipinski definition) is 3. The third-order valence-electron chi connectivity index (χ3n) is 3.39. The van der Waals surface area contributed by atoms with Crippen LogP contribution < -0.4 is 10.2 Å². The van der Waals surface area contributed by atoms with Gasteiger partial charge in [0.05, 0.1) is 5.69 Å². The summed E-state index contributed by atoms with van der Waals surface area (Å²) in [5, 5.41) is 3.13. The molecule has 120 valence electrons. The Bertz CT molecular complexity index is 880. The molecule has 0 spiro atoms. The maximum absolute atomic E-state index is 12.8. The van der Waals surface area contributed by atoms with Crippen LogP contribution in [0.5, 0.6) is 0 Å². The average molecular weight is 422 g/mol. The zero-order valence-electron chi connectivity index (χ0n) is 12.1. The molecule has 1 heterocycles. The molecule has 1 aliphatic rings. The molecular formula is C17H10BrClN2O2S. The van der Waals surface area contributed by atoms with Crippen LogP contribution in [0.25, 0.3) is 6.08 Å². The first kappa shape index (κ1) is 16.8. The second-order valence-corrected chi connectivity index (χ2v) is 6.63. The van der Waals surface area contributed by atoms with Crippen molar-refractivity contribution < 1.29 is 9.59 Å². The zero-order chi connectivity index (χ0) is 17.3. The number of nitrogens with one attached hydrogen (secondary N) is 1. The fraction of sp³-hybridized carbons (Fsp3) is 0. The standard InChI is InChI=1S/C17H10BrClN2O2S/c18-14-4-2-1-3-10(14)9-13-15(22)20-17(24)21(16(13)23)12-7-5-11(19)6-8-12/h1-9H,(H,20,22,24)/b13-9+. The van der Waals surface area contributed by atoms with Gasteiger partial charge in [0.1, 0.15) is 5.57 Å². The van der Waals surface area contributed by atoms with Crippen molar-refractivity contribution >= 4 is 68.4 Å². The van der Waals surface area contributed by atoms with Gasteiger partial charge in [0.2, 0.25) is 0 Å². The number of halogens is 2. The molecule has 0 unspecified atom stereocenters. The highest BCUT2D eigenvalue weighted by Gasteiger charge is 2.34. The minimum atomic E-state index is -0.522. The highest BCUT2D eigenvalue weighted by molar-refractivity contribution is 9.10. The second-order valence-electron chi connectivity index (χ2n) is 4.96. The third-order valence-corrected chi connectivity index (χ3v) is 4.65. The number of carbonyl (C=O) groups excluding carboxylic acids is 2. The van der Waals surface area contributed by atoms with Crippen LogP contribution >= 0.6 is 39.7 Å². The summed E-state index contributed by atoms with van der Waals surface area (Å²) in [6, 6.07) is 13.9. The normalized spacial score (nSPS) is 16.5. The first-order valence-corrected chi connectivity index (χ1v) is 8.47. The zero-order valence-corrected chi connectivity index (χ0v) is 15.3. The molecule has 0 saturated carbocycles. The van der Waals surface area contributed by atoms with Crippen molar-refractivity contribution in [1.82, 2.24) is 5.32 Å². The molecule has 0 bridgehead atoms. The van der Waals surface area contributed by atoms with Crippen molar-refractivity contribution in [2.75, 3.05) is 4.90 Å². The van der Waals surface area contributed by atoms with Crippen molar-refractivity contribution in [3.63, 3.8) is 0 Å². The summed E-state index contributed by atoms with van der Waals surface area (Å²) >= 11 is 14.4. The highest BCUT2D eigenvalue weighted by atomic mass is 79.9. The molecule has 1 saturated heterocycles. The van der Waals surface area contributed by atoms with E-state index < -0.39 is 11.8 Å². The summed E-state index contributed by atoms with van der Waals surface area (Å²) in [6.07, 6.45) is 1.53. The van der Waals surface area contributed by atoms with Crippen molar-refractivity contribution in [3.8, 4) is 0 Å². The fourth-order valence-corrected chi connectivity index (χ4v) is 3.04. The lowest BCUT2D eigenvalue weighted by molar-refractivity contribution is -0.122. The van der Waals surface area contributed by atoms with Gasteiger partial charge in [-0.05, 0) is 54.2 Å². The molecule has 1 N–H and O–H groups in total. The molecule has 2 aromatic rings. The maximum Gasteiger partial charge on any atom is 0.270 e. The lowest BCUT2D eigenvalue weighted by Crippen LogP contribution is -2.54. The second kappa shape index (κ2) is 6.84. The summed E-state index contributed by atoms with van der Waals surface area (Å²) in [7, 11) is 0. The van der Waals surface area contributed by atoms with E-state index in [4.69, 9.17) is 23.8 Å². The van der Waals surface area contributed by atoms with E-state index in [-0.39, 0.29) is 10.7 Å². The molecule has 0 aliphatic carbocycles. The molecule has 24 heavy (non-hydrogen) atoms. The Morgan fingerprint density at radius 2 is 1.75 bits per heavy atom. The van der Waals surface area contributed by atoms with Crippen LogP contribution in [0.15, 0.2) is 58.6 Å². The summed E-state index contributed by atoms with van der Waals surface area (Å²) in [5.74, 6) is -1.01. The highest BCUT2D eigenvalue weighted by Crippen LogP contribution is 2.25. The van der Waals surface area contributed by atoms with Crippen molar-refractivity contribution in [1.29, 1.82) is 0 Å². The molecule has 0 aromatic heterocycles. The van der Waals surface area contributed by atoms with Crippen molar-refractivity contribution in [3.05, 3.63) is 69.2 Å². The molecule has 3 rings (SSSR count). The summed E-state index contributed by atoms with van der Waals surface area (Å²) < 4.78 is 0.782. The van der Waals surface area contributed by atoms with Crippen LogP contribution in [0.1, 0.15) is 5.56 Å². The molecule has 1 aliphatic heterocycles. The third kappa shape index (κ3) is 3.26. The number of nitrogens with zero attached hydrogens (tertiary/aromatic N) is 1. The van der Waals surface area contributed by atoms with Crippen molar-refractivity contribution in [2.24, 2.45) is 0 Å². The molecule has 2 aromatic carbocycles. The van der Waals surface area contributed by atoms with Gasteiger partial charge in [0.25, 0.3) is 11.8 Å². The lowest BCUT2D eigenvalue weighted by atomic mass is 10.1. The number of hydrogen-bond donors (Lipinski definition) is 1. The van der Waals surface area contributed by atoms with Crippen LogP contribution in [0.3, 0.4) is 0 Å². The van der Waals surface area contributed by atoms with Gasteiger partial charge in [0, 0.05) is 9.50 Å². The van der Waals surface area contributed by atoms with Gasteiger partial charge in [0.15, 0.2) is 5.11 Å². The largest absolute Gasteiger partial charge is 0.298 e. The number of amides is 2. The number of benzene rings is 2. The van der Waals surface area contributed by atoms with Crippen LogP contribution in [-0.2, 0) is 9.59 Å². The van der Waals surface area contributed by atoms with E-state index in [1.165, 1.54) is 11.0 Å². The SMILES string of the molecule is O=C1NC(=S)N(c2ccc(Cl)cc2)C(=O)/C1=C/c1ccccc1Br. The first-order valence-electron chi connectivity index (χ1n) is 6.89. The number of anilines is 1. The topological polar surface area (TPSA) is 49.4 Å². The average Bonchev–Trinajstić information content (AvgIpc) is 2.54. The summed E-state index contributed by atoms with van der Waals surface area (Å²) in [6.45, 7) is 0. The molecule has 2 amide bonds. The minimum absolute atomic E-state index is 0.00505. The van der Waals surface area contributed by atoms with E-state index in [0.717, 1.165) is 10.0 Å². The van der Waals surface area contributed by atoms with E-state index >= 15 is 0 Å². The Hall–Kier alpha value is -2.02.